The normalized spacial score (nSPS) is 13.6. The summed E-state index contributed by atoms with van der Waals surface area (Å²) in [6, 6.07) is 0. The first-order valence-corrected chi connectivity index (χ1v) is 35.0. The number of unbranched alkanes of at least 4 members (excludes halogenated alkanes) is 24. The van der Waals surface area contributed by atoms with Crippen molar-refractivity contribution in [1.29, 1.82) is 0 Å². The van der Waals surface area contributed by atoms with Gasteiger partial charge < -0.3 is 33.3 Å². The number of nitrogens with zero attached hydrogens (tertiary/aromatic N) is 1. The Balaban J connectivity index is 4.15. The summed E-state index contributed by atoms with van der Waals surface area (Å²) in [6.45, 7) is 4.52. The third-order valence-electron chi connectivity index (χ3n) is 14.6. The fourth-order valence-corrected chi connectivity index (χ4v) is 9.31. The van der Waals surface area contributed by atoms with Crippen LogP contribution in [0.5, 0.6) is 0 Å². The molecule has 0 radical (unpaired) electrons. The van der Waals surface area contributed by atoms with E-state index in [1.807, 2.05) is 21.1 Å². The van der Waals surface area contributed by atoms with Crippen molar-refractivity contribution in [1.82, 2.24) is 0 Å². The first-order chi connectivity index (χ1) is 42.6. The smallest absolute Gasteiger partial charge is 0.306 e. The first-order valence-electron chi connectivity index (χ1n) is 35.0. The number of carbonyl (C=O) groups is 3. The van der Waals surface area contributed by atoms with Gasteiger partial charge in [0.1, 0.15) is 13.2 Å². The number of allylic oxidation sites excluding steroid dienone is 24. The molecule has 0 bridgehead atoms. The Bertz CT molecular complexity index is 1940. The Morgan fingerprint density at radius 1 is 0.345 bits per heavy atom. The maximum Gasteiger partial charge on any atom is 0.306 e. The lowest BCUT2D eigenvalue weighted by Crippen LogP contribution is -2.44. The summed E-state index contributed by atoms with van der Waals surface area (Å²) < 4.78 is 22.8. The Morgan fingerprint density at radius 2 is 0.621 bits per heavy atom. The highest BCUT2D eigenvalue weighted by Gasteiger charge is 2.22. The molecule has 0 N–H and O–H groups in total. The van der Waals surface area contributed by atoms with Gasteiger partial charge in [0, 0.05) is 12.8 Å². The van der Waals surface area contributed by atoms with E-state index in [-0.39, 0.29) is 38.6 Å². The number of hydrogen-bond donors (Lipinski definition) is 0. The molecular weight excluding hydrogens is 1080 g/mol. The Kier molecular flexibility index (Phi) is 63.4. The minimum atomic E-state index is -1.63. The van der Waals surface area contributed by atoms with Gasteiger partial charge in [0.05, 0.1) is 40.3 Å². The van der Waals surface area contributed by atoms with Crippen LogP contribution in [0.3, 0.4) is 0 Å². The van der Waals surface area contributed by atoms with Gasteiger partial charge in [-0.3, -0.25) is 9.59 Å². The molecule has 0 fully saturated rings. The quantitative estimate of drug-likeness (QED) is 0.0195. The van der Waals surface area contributed by atoms with Gasteiger partial charge in [0.2, 0.25) is 0 Å². The summed E-state index contributed by atoms with van der Waals surface area (Å²) >= 11 is 0. The van der Waals surface area contributed by atoms with Gasteiger partial charge >= 0.3 is 11.9 Å². The van der Waals surface area contributed by atoms with Crippen LogP contribution in [0.1, 0.15) is 271 Å². The third-order valence-corrected chi connectivity index (χ3v) is 14.6. The number of carboxylic acids is 1. The van der Waals surface area contributed by atoms with Gasteiger partial charge in [0.15, 0.2) is 12.4 Å². The highest BCUT2D eigenvalue weighted by atomic mass is 16.7. The minimum Gasteiger partial charge on any atom is -0.545 e. The van der Waals surface area contributed by atoms with Crippen LogP contribution in [0.25, 0.3) is 0 Å². The zero-order valence-corrected chi connectivity index (χ0v) is 56.3. The van der Waals surface area contributed by atoms with Gasteiger partial charge in [-0.15, -0.1) is 0 Å². The van der Waals surface area contributed by atoms with E-state index in [0.29, 0.717) is 17.4 Å². The maximum absolute atomic E-state index is 12.9. The number of carbonyl (C=O) groups excluding carboxylic acids is 3. The summed E-state index contributed by atoms with van der Waals surface area (Å²) in [7, 11) is 5.92. The monoisotopic (exact) mass is 1210 g/mol. The number of rotatable bonds is 63. The standard InChI is InChI=1S/C78H129NO8/c1-6-8-10-12-14-16-18-20-22-24-26-28-30-32-33-34-35-36-37-38-39-40-41-42-43-45-47-49-51-53-55-57-59-61-63-65-67-69-76(81)87-74(73-86-78(77(82)83)84-71-70-79(3,4)5)72-85-75(80)68-66-64-62-60-58-56-54-52-50-48-46-44-31-29-27-25-23-21-19-17-15-13-11-9-7-2/h8-11,14-17,20-23,26-29,32-33,35-36,38-39,41-42,74,78H,6-7,12-13,18-19,24-25,30-31,34,37,40,43-73H2,1-5H3/b10-8-,11-9-,16-14-,17-15-,22-20-,23-21-,28-26-,29-27-,33-32-,36-35-,39-38-,42-41-. The first kappa shape index (κ1) is 82.2. The number of esters is 2. The van der Waals surface area contributed by atoms with Gasteiger partial charge in [-0.25, -0.2) is 0 Å². The number of carboxylic acid groups (broad SMARTS) is 1. The topological polar surface area (TPSA) is 111 Å². The summed E-state index contributed by atoms with van der Waals surface area (Å²) in [6.07, 6.45) is 94.9. The van der Waals surface area contributed by atoms with Crippen molar-refractivity contribution in [2.24, 2.45) is 0 Å². The molecule has 0 saturated carbocycles. The van der Waals surface area contributed by atoms with Gasteiger partial charge in [-0.1, -0.05) is 288 Å². The number of hydrogen-bond acceptors (Lipinski definition) is 8. The molecule has 87 heavy (non-hydrogen) atoms. The molecule has 9 nitrogen and oxygen atoms in total. The zero-order valence-electron chi connectivity index (χ0n) is 56.3. The summed E-state index contributed by atoms with van der Waals surface area (Å²) in [5, 5.41) is 11.8. The van der Waals surface area contributed by atoms with Crippen molar-refractivity contribution in [3.05, 3.63) is 146 Å². The minimum absolute atomic E-state index is 0.141. The Hall–Kier alpha value is -4.83. The fourth-order valence-electron chi connectivity index (χ4n) is 9.31. The lowest BCUT2D eigenvalue weighted by molar-refractivity contribution is -0.870. The van der Waals surface area contributed by atoms with Crippen LogP contribution in [0.2, 0.25) is 0 Å². The van der Waals surface area contributed by atoms with Crippen LogP contribution in [0.4, 0.5) is 0 Å². The third kappa shape index (κ3) is 68.5. The van der Waals surface area contributed by atoms with E-state index >= 15 is 0 Å². The second-order valence-electron chi connectivity index (χ2n) is 24.1. The molecule has 0 spiro atoms. The largest absolute Gasteiger partial charge is 0.545 e. The van der Waals surface area contributed by atoms with Crippen molar-refractivity contribution < 1.29 is 42.9 Å². The maximum atomic E-state index is 12.9. The molecule has 0 aliphatic heterocycles. The molecule has 0 aromatic heterocycles. The molecule has 2 atom stereocenters. The van der Waals surface area contributed by atoms with Crippen molar-refractivity contribution in [3.63, 3.8) is 0 Å². The molecule has 0 aliphatic rings. The molecule has 0 amide bonds. The van der Waals surface area contributed by atoms with Crippen LogP contribution in [0.15, 0.2) is 146 Å². The summed E-state index contributed by atoms with van der Waals surface area (Å²) in [5.74, 6) is -2.29. The molecule has 0 aromatic carbocycles. The second-order valence-corrected chi connectivity index (χ2v) is 24.1. The molecule has 9 heteroatoms. The fraction of sp³-hybridized carbons (Fsp3) is 0.654. The molecule has 0 aliphatic carbocycles. The number of ether oxygens (including phenoxy) is 4. The SMILES string of the molecule is CC/C=C\C/C=C\C/C=C\C/C=C\C/C=C\C/C=C\C/C=C\C/C=C\CCCCCCCCCCCCCCC(=O)OC(COC(=O)CCCCCCCCCCCCCC/C=C\C/C=C\C/C=C\C/C=C\CC)COC(OCC[N+](C)(C)C)C(=O)[O-]. The number of likely N-dealkylation sites (N-methyl/N-ethyl adjacent to an activating group) is 1. The van der Waals surface area contributed by atoms with E-state index in [1.54, 1.807) is 0 Å². The van der Waals surface area contributed by atoms with Crippen LogP contribution in [-0.4, -0.2) is 82.3 Å². The average Bonchev–Trinajstić information content (AvgIpc) is 3.57. The zero-order chi connectivity index (χ0) is 63.3. The molecule has 494 valence electrons. The van der Waals surface area contributed by atoms with Gasteiger partial charge in [-0.05, 0) is 116 Å². The molecule has 2 unspecified atom stereocenters. The van der Waals surface area contributed by atoms with Crippen molar-refractivity contribution in [2.75, 3.05) is 47.5 Å². The average molecular weight is 1210 g/mol. The highest BCUT2D eigenvalue weighted by Crippen LogP contribution is 2.16. The predicted molar refractivity (Wildman–Crippen MR) is 370 cm³/mol. The molecule has 0 aromatic rings. The predicted octanol–water partition coefficient (Wildman–Crippen LogP) is 20.6. The molecule has 0 heterocycles. The number of quaternary nitrogens is 1. The Morgan fingerprint density at radius 3 is 0.920 bits per heavy atom. The second kappa shape index (κ2) is 67.1. The van der Waals surface area contributed by atoms with Gasteiger partial charge in [0.25, 0.3) is 0 Å². The van der Waals surface area contributed by atoms with Crippen molar-refractivity contribution >= 4 is 17.9 Å². The molecule has 0 saturated heterocycles. The summed E-state index contributed by atoms with van der Waals surface area (Å²) in [4.78, 5) is 37.5. The Labute approximate surface area is 534 Å². The van der Waals surface area contributed by atoms with E-state index in [0.717, 1.165) is 116 Å². The van der Waals surface area contributed by atoms with Crippen molar-refractivity contribution in [3.8, 4) is 0 Å². The lowest BCUT2D eigenvalue weighted by Gasteiger charge is -2.26. The molecule has 0 rings (SSSR count). The lowest BCUT2D eigenvalue weighted by atomic mass is 10.0. The van der Waals surface area contributed by atoms with E-state index < -0.39 is 24.3 Å². The van der Waals surface area contributed by atoms with Crippen LogP contribution in [0, 0.1) is 0 Å². The van der Waals surface area contributed by atoms with E-state index in [2.05, 4.69) is 160 Å². The van der Waals surface area contributed by atoms with Crippen LogP contribution in [-0.2, 0) is 33.3 Å². The summed E-state index contributed by atoms with van der Waals surface area (Å²) in [5.41, 5.74) is 0. The highest BCUT2D eigenvalue weighted by molar-refractivity contribution is 5.70. The van der Waals surface area contributed by atoms with E-state index in [9.17, 15) is 19.5 Å². The van der Waals surface area contributed by atoms with Crippen LogP contribution >= 0.6 is 0 Å². The van der Waals surface area contributed by atoms with Crippen molar-refractivity contribution in [2.45, 2.75) is 283 Å². The van der Waals surface area contributed by atoms with Crippen LogP contribution < -0.4 is 5.11 Å². The van der Waals surface area contributed by atoms with E-state index in [4.69, 9.17) is 18.9 Å². The van der Waals surface area contributed by atoms with Gasteiger partial charge in [-0.2, -0.15) is 0 Å². The molecular formula is C78H129NO8. The van der Waals surface area contributed by atoms with E-state index in [1.165, 1.54) is 122 Å². The number of aliphatic carboxylic acids is 1.